The van der Waals surface area contributed by atoms with Crippen molar-refractivity contribution in [2.75, 3.05) is 0 Å². The van der Waals surface area contributed by atoms with Crippen molar-refractivity contribution in [1.29, 1.82) is 0 Å². The Balaban J connectivity index is 2.59. The number of phenols is 2. The maximum absolute atomic E-state index is 11.8. The van der Waals surface area contributed by atoms with Gasteiger partial charge in [0, 0.05) is 24.2 Å². The van der Waals surface area contributed by atoms with Crippen molar-refractivity contribution in [3.05, 3.63) is 47.5 Å². The molecule has 0 bridgehead atoms. The summed E-state index contributed by atoms with van der Waals surface area (Å²) in [5.41, 5.74) is -0.431. The minimum atomic E-state index is -4.70. The number of nitrogens with zero attached hydrogens (tertiary/aromatic N) is 1. The molecular weight excluding hydrogens is 486 g/mol. The normalized spacial score (nSPS) is 13.1. The molecule has 0 saturated carbocycles. The van der Waals surface area contributed by atoms with Gasteiger partial charge in [-0.2, -0.15) is 16.8 Å². The Morgan fingerprint density at radius 1 is 0.788 bits per heavy atom. The fourth-order valence-corrected chi connectivity index (χ4v) is 4.01. The predicted octanol–water partition coefficient (Wildman–Crippen LogP) is 0.521. The molecule has 0 spiro atoms. The number of aromatic hydroxyl groups is 2. The molecule has 1 unspecified atom stereocenters. The van der Waals surface area contributed by atoms with Gasteiger partial charge in [0.25, 0.3) is 20.2 Å². The molecule has 0 fully saturated rings. The monoisotopic (exact) mass is 505 g/mol. The van der Waals surface area contributed by atoms with E-state index in [-0.39, 0.29) is 11.1 Å². The molecule has 0 aliphatic carbocycles. The highest BCUT2D eigenvalue weighted by Gasteiger charge is 2.30. The number of carbonyl (C=O) groups is 2. The van der Waals surface area contributed by atoms with Crippen LogP contribution in [0.2, 0.25) is 0 Å². The van der Waals surface area contributed by atoms with Crippen LogP contribution >= 0.6 is 0 Å². The van der Waals surface area contributed by atoms with Crippen LogP contribution in [0.4, 0.5) is 0 Å². The van der Waals surface area contributed by atoms with Gasteiger partial charge in [-0.15, -0.1) is 0 Å². The van der Waals surface area contributed by atoms with Gasteiger partial charge in [-0.3, -0.25) is 23.6 Å². The zero-order valence-electron chi connectivity index (χ0n) is 16.6. The summed E-state index contributed by atoms with van der Waals surface area (Å²) in [7, 11) is -9.39. The summed E-state index contributed by atoms with van der Waals surface area (Å²) in [6.45, 7) is -1.18. The Hall–Kier alpha value is -3.24. The first-order valence-corrected chi connectivity index (χ1v) is 11.7. The highest BCUT2D eigenvalue weighted by atomic mass is 32.2. The Morgan fingerprint density at radius 2 is 1.18 bits per heavy atom. The van der Waals surface area contributed by atoms with E-state index >= 15 is 0 Å². The number of carboxylic acid groups (broad SMARTS) is 2. The van der Waals surface area contributed by atoms with Crippen molar-refractivity contribution in [3.63, 3.8) is 0 Å². The summed E-state index contributed by atoms with van der Waals surface area (Å²) in [6, 6.07) is 3.50. The molecule has 33 heavy (non-hydrogen) atoms. The van der Waals surface area contributed by atoms with Gasteiger partial charge in [0.2, 0.25) is 0 Å². The molecule has 2 aromatic carbocycles. The number of phenolic OH excluding ortho intramolecular Hbond substituents is 2. The third-order valence-corrected chi connectivity index (χ3v) is 6.24. The van der Waals surface area contributed by atoms with E-state index < -0.39 is 79.0 Å². The molecule has 0 aromatic heterocycles. The van der Waals surface area contributed by atoms with Gasteiger partial charge in [-0.1, -0.05) is 0 Å². The fraction of sp³-hybridized carbons (Fsp3) is 0.222. The smallest absolute Gasteiger partial charge is 0.321 e. The zero-order chi connectivity index (χ0) is 25.1. The number of carboxylic acids is 2. The Labute approximate surface area is 187 Å². The summed E-state index contributed by atoms with van der Waals surface area (Å²) in [4.78, 5) is 22.7. The third kappa shape index (κ3) is 6.87. The van der Waals surface area contributed by atoms with Crippen molar-refractivity contribution in [2.45, 2.75) is 35.3 Å². The lowest BCUT2D eigenvalue weighted by atomic mass is 10.1. The number of rotatable bonds is 10. The number of aliphatic carboxylic acids is 2. The van der Waals surface area contributed by atoms with Crippen LogP contribution in [0.3, 0.4) is 0 Å². The van der Waals surface area contributed by atoms with Crippen LogP contribution in [0.5, 0.6) is 11.5 Å². The summed E-state index contributed by atoms with van der Waals surface area (Å²) < 4.78 is 64.1. The van der Waals surface area contributed by atoms with Gasteiger partial charge in [0.05, 0.1) is 16.2 Å². The molecule has 15 heteroatoms. The van der Waals surface area contributed by atoms with E-state index in [0.29, 0.717) is 0 Å². The highest BCUT2D eigenvalue weighted by molar-refractivity contribution is 7.86. The van der Waals surface area contributed by atoms with Gasteiger partial charge in [0.1, 0.15) is 17.5 Å². The van der Waals surface area contributed by atoms with Crippen molar-refractivity contribution < 1.29 is 56.0 Å². The third-order valence-electron chi connectivity index (χ3n) is 4.54. The molecule has 0 heterocycles. The molecule has 0 radical (unpaired) electrons. The first-order valence-electron chi connectivity index (χ1n) is 8.87. The summed E-state index contributed by atoms with van der Waals surface area (Å²) >= 11 is 0. The fourth-order valence-electron chi connectivity index (χ4n) is 2.95. The SMILES string of the molecule is O=C(O)CC(C(=O)O)N(Cc1cc(S(=O)(=O)O)ccc1O)Cc1cc(S(=O)(=O)O)ccc1O. The van der Waals surface area contributed by atoms with E-state index in [1.165, 1.54) is 0 Å². The second-order valence-electron chi connectivity index (χ2n) is 6.89. The second-order valence-corrected chi connectivity index (χ2v) is 9.73. The van der Waals surface area contributed by atoms with Crippen LogP contribution in [0.15, 0.2) is 46.2 Å². The van der Waals surface area contributed by atoms with Crippen molar-refractivity contribution >= 4 is 32.2 Å². The molecule has 0 aliphatic heterocycles. The summed E-state index contributed by atoms with van der Waals surface area (Å²) in [5, 5.41) is 38.9. The molecule has 6 N–H and O–H groups in total. The Morgan fingerprint density at radius 3 is 1.48 bits per heavy atom. The number of hydrogen-bond donors (Lipinski definition) is 6. The zero-order valence-corrected chi connectivity index (χ0v) is 18.2. The van der Waals surface area contributed by atoms with Crippen LogP contribution in [-0.4, -0.2) is 69.2 Å². The van der Waals surface area contributed by atoms with Gasteiger partial charge in [-0.05, 0) is 36.4 Å². The average molecular weight is 505 g/mol. The van der Waals surface area contributed by atoms with Crippen molar-refractivity contribution in [1.82, 2.24) is 4.90 Å². The topological polar surface area (TPSA) is 227 Å². The van der Waals surface area contributed by atoms with E-state index in [4.69, 9.17) is 5.11 Å². The van der Waals surface area contributed by atoms with Gasteiger partial charge in [0.15, 0.2) is 0 Å². The van der Waals surface area contributed by atoms with Crippen molar-refractivity contribution in [2.24, 2.45) is 0 Å². The minimum Gasteiger partial charge on any atom is -0.508 e. The quantitative estimate of drug-likeness (QED) is 0.242. The average Bonchev–Trinajstić information content (AvgIpc) is 2.66. The predicted molar refractivity (Wildman–Crippen MR) is 109 cm³/mol. The Bertz CT molecular complexity index is 1200. The van der Waals surface area contributed by atoms with Gasteiger partial charge < -0.3 is 20.4 Å². The number of hydrogen-bond acceptors (Lipinski definition) is 9. The molecule has 0 amide bonds. The van der Waals surface area contributed by atoms with Crippen LogP contribution in [-0.2, 0) is 42.9 Å². The standard InChI is InChI=1S/C18H19NO12S2/c20-15-3-1-12(32(26,27)28)5-10(15)8-19(14(18(24)25)7-17(22)23)9-11-6-13(33(29,30)31)2-4-16(11)21/h1-6,14,20-21H,7-9H2,(H,22,23)(H,24,25)(H,26,27,28)(H,29,30,31). The van der Waals surface area contributed by atoms with Gasteiger partial charge >= 0.3 is 11.9 Å². The second kappa shape index (κ2) is 9.72. The van der Waals surface area contributed by atoms with Crippen molar-refractivity contribution in [3.8, 4) is 11.5 Å². The van der Waals surface area contributed by atoms with E-state index in [2.05, 4.69) is 0 Å². The molecule has 2 rings (SSSR count). The van der Waals surface area contributed by atoms with Crippen LogP contribution in [0.1, 0.15) is 17.5 Å². The molecule has 13 nitrogen and oxygen atoms in total. The van der Waals surface area contributed by atoms with Crippen LogP contribution in [0, 0.1) is 0 Å². The largest absolute Gasteiger partial charge is 0.508 e. The lowest BCUT2D eigenvalue weighted by Gasteiger charge is -2.29. The molecule has 2 aromatic rings. The molecule has 0 saturated heterocycles. The van der Waals surface area contributed by atoms with Gasteiger partial charge in [-0.25, -0.2) is 0 Å². The molecular formula is C18H19NO12S2. The number of benzene rings is 2. The summed E-state index contributed by atoms with van der Waals surface area (Å²) in [5.74, 6) is -4.15. The van der Waals surface area contributed by atoms with Crippen LogP contribution < -0.4 is 0 Å². The molecule has 1 atom stereocenters. The van der Waals surface area contributed by atoms with E-state index in [1.54, 1.807) is 0 Å². The lowest BCUT2D eigenvalue weighted by molar-refractivity contribution is -0.150. The van der Waals surface area contributed by atoms with E-state index in [9.17, 15) is 50.8 Å². The first kappa shape index (κ1) is 26.0. The molecule has 0 aliphatic rings. The highest BCUT2D eigenvalue weighted by Crippen LogP contribution is 2.28. The van der Waals surface area contributed by atoms with Crippen LogP contribution in [0.25, 0.3) is 0 Å². The first-order chi connectivity index (χ1) is 15.1. The summed E-state index contributed by atoms with van der Waals surface area (Å²) in [6.07, 6.45) is -0.952. The Kier molecular flexibility index (Phi) is 7.66. The van der Waals surface area contributed by atoms with E-state index in [0.717, 1.165) is 41.3 Å². The minimum absolute atomic E-state index is 0.216. The molecule has 180 valence electrons. The lowest BCUT2D eigenvalue weighted by Crippen LogP contribution is -2.42. The maximum atomic E-state index is 11.8. The maximum Gasteiger partial charge on any atom is 0.321 e. The van der Waals surface area contributed by atoms with E-state index in [1.807, 2.05) is 0 Å².